The summed E-state index contributed by atoms with van der Waals surface area (Å²) in [5, 5.41) is 16.2. The number of unbranched alkanes of at least 4 members (excludes halogenated alkanes) is 2. The number of hydrogen-bond acceptors (Lipinski definition) is 5. The summed E-state index contributed by atoms with van der Waals surface area (Å²) in [7, 11) is 1.87. The van der Waals surface area contributed by atoms with Crippen molar-refractivity contribution in [2.24, 2.45) is 0 Å². The van der Waals surface area contributed by atoms with E-state index in [1.54, 1.807) is 0 Å². The number of aromatic nitrogens is 3. The first-order chi connectivity index (χ1) is 7.65. The van der Waals surface area contributed by atoms with E-state index in [0.717, 1.165) is 25.8 Å². The van der Waals surface area contributed by atoms with Crippen molar-refractivity contribution >= 4 is 29.0 Å². The lowest BCUT2D eigenvalue weighted by atomic mass is 10.2. The lowest BCUT2D eigenvalue weighted by molar-refractivity contribution is 0.283. The topological polar surface area (TPSA) is 62.1 Å². The molecule has 0 amide bonds. The second-order valence-electron chi connectivity index (χ2n) is 3.40. The molecule has 0 fully saturated rings. The number of hydrogen-bond donors (Lipinski definition) is 1. The predicted octanol–water partition coefficient (Wildman–Crippen LogP) is 1.78. The summed E-state index contributed by atoms with van der Waals surface area (Å²) in [5.74, 6) is 0.533. The molecule has 5 nitrogen and oxygen atoms in total. The highest BCUT2D eigenvalue weighted by molar-refractivity contribution is 6.32. The standard InChI is InChI=1S/C9H14Cl2N4O/c1-15(5-3-2-4-6-16)8-7(10)13-14-9(11)12-8/h16H,2-6H2,1H3. The van der Waals surface area contributed by atoms with Crippen LogP contribution in [0.1, 0.15) is 19.3 Å². The number of nitrogens with zero attached hydrogens (tertiary/aromatic N) is 4. The van der Waals surface area contributed by atoms with E-state index in [-0.39, 0.29) is 17.0 Å². The first-order valence-electron chi connectivity index (χ1n) is 5.03. The van der Waals surface area contributed by atoms with E-state index < -0.39 is 0 Å². The Morgan fingerprint density at radius 3 is 2.62 bits per heavy atom. The van der Waals surface area contributed by atoms with Crippen LogP contribution in [0.2, 0.25) is 10.4 Å². The molecule has 0 atom stereocenters. The Morgan fingerprint density at radius 2 is 1.94 bits per heavy atom. The van der Waals surface area contributed by atoms with Gasteiger partial charge in [-0.25, -0.2) is 0 Å². The monoisotopic (exact) mass is 264 g/mol. The molecular formula is C9H14Cl2N4O. The molecule has 7 heteroatoms. The summed E-state index contributed by atoms with van der Waals surface area (Å²) in [6.07, 6.45) is 2.73. The van der Waals surface area contributed by atoms with Crippen LogP contribution in [-0.2, 0) is 0 Å². The summed E-state index contributed by atoms with van der Waals surface area (Å²) in [6, 6.07) is 0. The number of aliphatic hydroxyl groups is 1. The van der Waals surface area contributed by atoms with Gasteiger partial charge in [0.05, 0.1) is 0 Å². The third-order valence-corrected chi connectivity index (χ3v) is 2.52. The summed E-state index contributed by atoms with van der Waals surface area (Å²) < 4.78 is 0. The number of aliphatic hydroxyl groups excluding tert-OH is 1. The maximum Gasteiger partial charge on any atom is 0.245 e. The van der Waals surface area contributed by atoms with Crippen LogP contribution in [0.3, 0.4) is 0 Å². The minimum absolute atomic E-state index is 0.0848. The molecule has 0 radical (unpaired) electrons. The zero-order valence-corrected chi connectivity index (χ0v) is 10.5. The van der Waals surface area contributed by atoms with Crippen LogP contribution in [0.15, 0.2) is 0 Å². The molecule has 0 saturated heterocycles. The quantitative estimate of drug-likeness (QED) is 0.794. The van der Waals surface area contributed by atoms with E-state index in [1.165, 1.54) is 0 Å². The average Bonchev–Trinajstić information content (AvgIpc) is 2.27. The molecule has 0 aliphatic heterocycles. The molecule has 0 spiro atoms. The van der Waals surface area contributed by atoms with Crippen molar-refractivity contribution in [3.63, 3.8) is 0 Å². The van der Waals surface area contributed by atoms with E-state index in [0.29, 0.717) is 5.82 Å². The normalized spacial score (nSPS) is 10.5. The van der Waals surface area contributed by atoms with E-state index in [9.17, 15) is 0 Å². The van der Waals surface area contributed by atoms with Crippen LogP contribution in [0, 0.1) is 0 Å². The summed E-state index contributed by atoms with van der Waals surface area (Å²) in [6.45, 7) is 1.01. The van der Waals surface area contributed by atoms with Gasteiger partial charge in [0.25, 0.3) is 0 Å². The maximum atomic E-state index is 8.65. The molecular weight excluding hydrogens is 251 g/mol. The van der Waals surface area contributed by atoms with Crippen LogP contribution in [0.5, 0.6) is 0 Å². The molecule has 0 aliphatic rings. The highest BCUT2D eigenvalue weighted by Crippen LogP contribution is 2.20. The molecule has 90 valence electrons. The Labute approximate surface area is 104 Å². The molecule has 0 saturated carbocycles. The molecule has 0 aliphatic carbocycles. The van der Waals surface area contributed by atoms with E-state index in [2.05, 4.69) is 15.2 Å². The van der Waals surface area contributed by atoms with Crippen LogP contribution in [0.4, 0.5) is 5.82 Å². The highest BCUT2D eigenvalue weighted by Gasteiger charge is 2.10. The Balaban J connectivity index is 2.51. The Morgan fingerprint density at radius 1 is 1.19 bits per heavy atom. The van der Waals surface area contributed by atoms with Gasteiger partial charge in [-0.2, -0.15) is 4.98 Å². The number of anilines is 1. The van der Waals surface area contributed by atoms with Gasteiger partial charge in [0, 0.05) is 20.2 Å². The second-order valence-corrected chi connectivity index (χ2v) is 4.10. The second kappa shape index (κ2) is 6.83. The van der Waals surface area contributed by atoms with Crippen LogP contribution in [-0.4, -0.2) is 40.5 Å². The summed E-state index contributed by atoms with van der Waals surface area (Å²) in [4.78, 5) is 5.88. The van der Waals surface area contributed by atoms with Gasteiger partial charge in [0.2, 0.25) is 5.28 Å². The predicted molar refractivity (Wildman–Crippen MR) is 64.1 cm³/mol. The zero-order valence-electron chi connectivity index (χ0n) is 9.03. The van der Waals surface area contributed by atoms with Crippen LogP contribution in [0.25, 0.3) is 0 Å². The maximum absolute atomic E-state index is 8.65. The van der Waals surface area contributed by atoms with Crippen molar-refractivity contribution in [1.82, 2.24) is 15.2 Å². The minimum Gasteiger partial charge on any atom is -0.396 e. The van der Waals surface area contributed by atoms with Gasteiger partial charge in [-0.3, -0.25) is 0 Å². The van der Waals surface area contributed by atoms with Gasteiger partial charge in [0.15, 0.2) is 11.0 Å². The fourth-order valence-electron chi connectivity index (χ4n) is 1.27. The van der Waals surface area contributed by atoms with Crippen molar-refractivity contribution in [2.45, 2.75) is 19.3 Å². The van der Waals surface area contributed by atoms with Crippen molar-refractivity contribution < 1.29 is 5.11 Å². The first kappa shape index (κ1) is 13.4. The van der Waals surface area contributed by atoms with Crippen LogP contribution >= 0.6 is 23.2 Å². The van der Waals surface area contributed by atoms with E-state index in [4.69, 9.17) is 28.3 Å². The third kappa shape index (κ3) is 4.08. The molecule has 0 bridgehead atoms. The molecule has 1 aromatic rings. The molecule has 1 rings (SSSR count). The first-order valence-corrected chi connectivity index (χ1v) is 5.78. The molecule has 0 unspecified atom stereocenters. The lowest BCUT2D eigenvalue weighted by Crippen LogP contribution is -2.21. The van der Waals surface area contributed by atoms with Crippen molar-refractivity contribution in [3.8, 4) is 0 Å². The van der Waals surface area contributed by atoms with Gasteiger partial charge in [-0.1, -0.05) is 11.6 Å². The van der Waals surface area contributed by atoms with E-state index >= 15 is 0 Å². The zero-order chi connectivity index (χ0) is 12.0. The van der Waals surface area contributed by atoms with E-state index in [1.807, 2.05) is 11.9 Å². The van der Waals surface area contributed by atoms with Crippen molar-refractivity contribution in [3.05, 3.63) is 10.4 Å². The Hall–Kier alpha value is -0.650. The average molecular weight is 265 g/mol. The lowest BCUT2D eigenvalue weighted by Gasteiger charge is -2.18. The van der Waals surface area contributed by atoms with Crippen molar-refractivity contribution in [2.75, 3.05) is 25.1 Å². The fourth-order valence-corrected chi connectivity index (χ4v) is 1.61. The number of rotatable bonds is 6. The Kier molecular flexibility index (Phi) is 5.73. The molecule has 1 heterocycles. The third-order valence-electron chi connectivity index (χ3n) is 2.12. The van der Waals surface area contributed by atoms with Crippen molar-refractivity contribution in [1.29, 1.82) is 0 Å². The van der Waals surface area contributed by atoms with Crippen LogP contribution < -0.4 is 4.90 Å². The molecule has 1 aromatic heterocycles. The van der Waals surface area contributed by atoms with Gasteiger partial charge < -0.3 is 10.0 Å². The van der Waals surface area contributed by atoms with Gasteiger partial charge >= 0.3 is 0 Å². The molecule has 0 aromatic carbocycles. The molecule has 1 N–H and O–H groups in total. The SMILES string of the molecule is CN(CCCCCO)c1nc(Cl)nnc1Cl. The summed E-state index contributed by atoms with van der Waals surface area (Å²) in [5.41, 5.74) is 0. The minimum atomic E-state index is 0.0848. The highest BCUT2D eigenvalue weighted by atomic mass is 35.5. The largest absolute Gasteiger partial charge is 0.396 e. The van der Waals surface area contributed by atoms with Gasteiger partial charge in [0.1, 0.15) is 0 Å². The van der Waals surface area contributed by atoms with Gasteiger partial charge in [-0.15, -0.1) is 10.2 Å². The summed E-state index contributed by atoms with van der Waals surface area (Å²) >= 11 is 11.5. The number of halogens is 2. The fraction of sp³-hybridized carbons (Fsp3) is 0.667. The Bertz CT molecular complexity index is 337. The van der Waals surface area contributed by atoms with Gasteiger partial charge in [-0.05, 0) is 30.9 Å². The molecule has 16 heavy (non-hydrogen) atoms. The smallest absolute Gasteiger partial charge is 0.245 e.